The van der Waals surface area contributed by atoms with E-state index in [0.29, 0.717) is 6.61 Å². The van der Waals surface area contributed by atoms with Crippen molar-refractivity contribution < 1.29 is 13.9 Å². The zero-order valence-corrected chi connectivity index (χ0v) is 9.16. The molecule has 1 aliphatic rings. The Morgan fingerprint density at radius 1 is 1.53 bits per heavy atom. The van der Waals surface area contributed by atoms with Gasteiger partial charge < -0.3 is 19.2 Å². The number of nitrogens with one attached hydrogen (secondary N) is 1. The van der Waals surface area contributed by atoms with Gasteiger partial charge in [-0.15, -0.1) is 0 Å². The average Bonchev–Trinajstić information content (AvgIpc) is 2.76. The lowest BCUT2D eigenvalue weighted by Crippen LogP contribution is -2.30. The van der Waals surface area contributed by atoms with Gasteiger partial charge in [0.15, 0.2) is 5.79 Å². The summed E-state index contributed by atoms with van der Waals surface area (Å²) in [6, 6.07) is 1.95. The quantitative estimate of drug-likeness (QED) is 0.820. The minimum absolute atomic E-state index is 0.145. The lowest BCUT2D eigenvalue weighted by Gasteiger charge is -2.17. The largest absolute Gasteiger partial charge is 0.472 e. The summed E-state index contributed by atoms with van der Waals surface area (Å²) in [5.74, 6) is -0.429. The van der Waals surface area contributed by atoms with Gasteiger partial charge >= 0.3 is 0 Å². The van der Waals surface area contributed by atoms with E-state index in [4.69, 9.17) is 13.9 Å². The Morgan fingerprint density at radius 2 is 2.40 bits per heavy atom. The number of hydrogen-bond donors (Lipinski definition) is 1. The summed E-state index contributed by atoms with van der Waals surface area (Å²) in [4.78, 5) is 0. The third-order valence-corrected chi connectivity index (χ3v) is 2.35. The normalized spacial score (nSPS) is 24.5. The van der Waals surface area contributed by atoms with Crippen molar-refractivity contribution in [1.29, 1.82) is 0 Å². The van der Waals surface area contributed by atoms with E-state index in [1.807, 2.05) is 19.9 Å². The van der Waals surface area contributed by atoms with E-state index in [9.17, 15) is 0 Å². The van der Waals surface area contributed by atoms with Crippen molar-refractivity contribution in [3.05, 3.63) is 24.2 Å². The van der Waals surface area contributed by atoms with Crippen LogP contribution in [-0.4, -0.2) is 25.0 Å². The minimum atomic E-state index is -0.429. The Morgan fingerprint density at radius 3 is 3.00 bits per heavy atom. The van der Waals surface area contributed by atoms with Crippen molar-refractivity contribution in [2.45, 2.75) is 32.3 Å². The average molecular weight is 211 g/mol. The molecule has 15 heavy (non-hydrogen) atoms. The maximum Gasteiger partial charge on any atom is 0.163 e. The molecule has 0 aromatic carbocycles. The van der Waals surface area contributed by atoms with Crippen LogP contribution in [0.1, 0.15) is 19.4 Å². The molecule has 1 atom stereocenters. The molecule has 4 nitrogen and oxygen atoms in total. The van der Waals surface area contributed by atoms with Crippen molar-refractivity contribution >= 4 is 0 Å². The van der Waals surface area contributed by atoms with Gasteiger partial charge in [-0.3, -0.25) is 0 Å². The van der Waals surface area contributed by atoms with Crippen molar-refractivity contribution in [2.75, 3.05) is 13.2 Å². The topological polar surface area (TPSA) is 43.6 Å². The second kappa shape index (κ2) is 4.35. The Bertz CT molecular complexity index is 295. The highest BCUT2D eigenvalue weighted by molar-refractivity contribution is 5.04. The molecule has 0 radical (unpaired) electrons. The summed E-state index contributed by atoms with van der Waals surface area (Å²) in [6.07, 6.45) is 3.56. The van der Waals surface area contributed by atoms with E-state index in [-0.39, 0.29) is 6.10 Å². The Labute approximate surface area is 89.6 Å². The smallest absolute Gasteiger partial charge is 0.163 e. The number of ether oxygens (including phenoxy) is 2. The summed E-state index contributed by atoms with van der Waals surface area (Å²) in [5.41, 5.74) is 1.15. The van der Waals surface area contributed by atoms with Crippen LogP contribution in [0.5, 0.6) is 0 Å². The molecule has 0 spiro atoms. The molecule has 1 aromatic heterocycles. The first-order valence-corrected chi connectivity index (χ1v) is 5.19. The lowest BCUT2D eigenvalue weighted by atomic mass is 10.3. The highest BCUT2D eigenvalue weighted by Crippen LogP contribution is 2.21. The van der Waals surface area contributed by atoms with E-state index in [2.05, 4.69) is 5.32 Å². The highest BCUT2D eigenvalue weighted by Gasteiger charge is 2.32. The molecule has 1 aliphatic heterocycles. The highest BCUT2D eigenvalue weighted by atomic mass is 16.7. The van der Waals surface area contributed by atoms with Crippen LogP contribution in [0.2, 0.25) is 0 Å². The van der Waals surface area contributed by atoms with Gasteiger partial charge in [0.2, 0.25) is 0 Å². The van der Waals surface area contributed by atoms with E-state index >= 15 is 0 Å². The molecule has 1 N–H and O–H groups in total. The van der Waals surface area contributed by atoms with Crippen LogP contribution in [0.3, 0.4) is 0 Å². The molecule has 0 saturated carbocycles. The molecule has 0 aliphatic carbocycles. The SMILES string of the molecule is CC1(C)OCC(CNCc2ccoc2)O1. The molecule has 1 saturated heterocycles. The molecule has 0 bridgehead atoms. The molecular weight excluding hydrogens is 194 g/mol. The fourth-order valence-corrected chi connectivity index (χ4v) is 1.63. The first kappa shape index (κ1) is 10.7. The fourth-order valence-electron chi connectivity index (χ4n) is 1.63. The van der Waals surface area contributed by atoms with Crippen LogP contribution >= 0.6 is 0 Å². The molecule has 0 amide bonds. The Hall–Kier alpha value is -0.840. The monoisotopic (exact) mass is 211 g/mol. The lowest BCUT2D eigenvalue weighted by molar-refractivity contribution is -0.137. The minimum Gasteiger partial charge on any atom is -0.472 e. The third kappa shape index (κ3) is 3.06. The first-order valence-electron chi connectivity index (χ1n) is 5.19. The zero-order valence-electron chi connectivity index (χ0n) is 9.16. The van der Waals surface area contributed by atoms with Crippen LogP contribution < -0.4 is 5.32 Å². The first-order chi connectivity index (χ1) is 7.16. The summed E-state index contributed by atoms with van der Waals surface area (Å²) in [7, 11) is 0. The number of rotatable bonds is 4. The summed E-state index contributed by atoms with van der Waals surface area (Å²) in [5, 5.41) is 3.30. The second-order valence-electron chi connectivity index (χ2n) is 4.21. The summed E-state index contributed by atoms with van der Waals surface area (Å²) in [6.45, 7) is 6.13. The molecule has 2 rings (SSSR count). The number of hydrogen-bond acceptors (Lipinski definition) is 4. The number of furan rings is 1. The standard InChI is InChI=1S/C11H17NO3/c1-11(2)14-8-10(15-11)6-12-5-9-3-4-13-7-9/h3-4,7,10,12H,5-6,8H2,1-2H3. The molecule has 1 aromatic rings. The van der Waals surface area contributed by atoms with Gasteiger partial charge in [-0.2, -0.15) is 0 Å². The predicted molar refractivity (Wildman–Crippen MR) is 55.3 cm³/mol. The van der Waals surface area contributed by atoms with E-state index in [1.165, 1.54) is 0 Å². The summed E-state index contributed by atoms with van der Waals surface area (Å²) >= 11 is 0. The molecular formula is C11H17NO3. The van der Waals surface area contributed by atoms with Crippen LogP contribution in [-0.2, 0) is 16.0 Å². The van der Waals surface area contributed by atoms with Crippen LogP contribution in [0.25, 0.3) is 0 Å². The van der Waals surface area contributed by atoms with Crippen LogP contribution in [0.15, 0.2) is 23.0 Å². The van der Waals surface area contributed by atoms with Gasteiger partial charge in [-0.25, -0.2) is 0 Å². The van der Waals surface area contributed by atoms with Crippen molar-refractivity contribution in [2.24, 2.45) is 0 Å². The van der Waals surface area contributed by atoms with Crippen molar-refractivity contribution in [3.8, 4) is 0 Å². The van der Waals surface area contributed by atoms with E-state index in [1.54, 1.807) is 12.5 Å². The van der Waals surface area contributed by atoms with Crippen LogP contribution in [0, 0.1) is 0 Å². The molecule has 4 heteroatoms. The van der Waals surface area contributed by atoms with Crippen molar-refractivity contribution in [3.63, 3.8) is 0 Å². The van der Waals surface area contributed by atoms with Gasteiger partial charge in [0.05, 0.1) is 25.2 Å². The predicted octanol–water partition coefficient (Wildman–Crippen LogP) is 1.52. The van der Waals surface area contributed by atoms with Crippen LogP contribution in [0.4, 0.5) is 0 Å². The Balaban J connectivity index is 1.67. The second-order valence-corrected chi connectivity index (χ2v) is 4.21. The maximum atomic E-state index is 5.66. The Kier molecular flexibility index (Phi) is 3.09. The fraction of sp³-hybridized carbons (Fsp3) is 0.636. The molecule has 1 unspecified atom stereocenters. The van der Waals surface area contributed by atoms with Gasteiger partial charge in [-0.1, -0.05) is 0 Å². The third-order valence-electron chi connectivity index (χ3n) is 2.35. The van der Waals surface area contributed by atoms with Gasteiger partial charge in [-0.05, 0) is 19.9 Å². The molecule has 84 valence electrons. The van der Waals surface area contributed by atoms with E-state index < -0.39 is 5.79 Å². The zero-order chi connectivity index (χ0) is 10.7. The molecule has 1 fully saturated rings. The van der Waals surface area contributed by atoms with Gasteiger partial charge in [0.1, 0.15) is 0 Å². The van der Waals surface area contributed by atoms with Gasteiger partial charge in [0.25, 0.3) is 0 Å². The summed E-state index contributed by atoms with van der Waals surface area (Å²) < 4.78 is 16.1. The molecule has 2 heterocycles. The van der Waals surface area contributed by atoms with Gasteiger partial charge in [0, 0.05) is 18.7 Å². The van der Waals surface area contributed by atoms with E-state index in [0.717, 1.165) is 18.7 Å². The van der Waals surface area contributed by atoms with Crippen molar-refractivity contribution in [1.82, 2.24) is 5.32 Å². The maximum absolute atomic E-state index is 5.66.